The molecule has 2 amide bonds. The topological polar surface area (TPSA) is 59.1 Å². The van der Waals surface area contributed by atoms with E-state index in [1.54, 1.807) is 43.4 Å². The third kappa shape index (κ3) is 2.98. The lowest BCUT2D eigenvalue weighted by molar-refractivity contribution is -0.128. The zero-order valence-electron chi connectivity index (χ0n) is 17.6. The van der Waals surface area contributed by atoms with Crippen molar-refractivity contribution in [3.63, 3.8) is 0 Å². The second-order valence-corrected chi connectivity index (χ2v) is 8.50. The van der Waals surface area contributed by atoms with Gasteiger partial charge in [0, 0.05) is 5.02 Å². The molecule has 0 aliphatic carbocycles. The van der Waals surface area contributed by atoms with Crippen molar-refractivity contribution >= 4 is 34.8 Å². The Morgan fingerprint density at radius 1 is 0.906 bits per heavy atom. The normalized spacial score (nSPS) is 24.7. The van der Waals surface area contributed by atoms with Gasteiger partial charge in [-0.05, 0) is 61.0 Å². The van der Waals surface area contributed by atoms with Gasteiger partial charge < -0.3 is 4.74 Å². The number of halogens is 1. The lowest BCUT2D eigenvalue weighted by Crippen LogP contribution is -2.41. The van der Waals surface area contributed by atoms with Crippen LogP contribution >= 0.6 is 11.6 Å². The number of fused-ring (bicyclic) bond motifs is 1. The molecule has 3 aromatic rings. The molecule has 0 unspecified atom stereocenters. The van der Waals surface area contributed by atoms with Gasteiger partial charge in [0.05, 0.1) is 24.5 Å². The Bertz CT molecular complexity index is 1170. The summed E-state index contributed by atoms with van der Waals surface area (Å²) in [7, 11) is 1.60. The Hall–Kier alpha value is -3.35. The van der Waals surface area contributed by atoms with Crippen molar-refractivity contribution in [3.05, 3.63) is 89.4 Å². The molecular weight excluding hydrogens is 428 g/mol. The molecule has 0 saturated carbocycles. The van der Waals surface area contributed by atoms with Gasteiger partial charge in [-0.3, -0.25) is 14.4 Å². The summed E-state index contributed by atoms with van der Waals surface area (Å²) in [6, 6.07) is 23.1. The number of anilines is 2. The first-order chi connectivity index (χ1) is 15.4. The Morgan fingerprint density at radius 3 is 2.19 bits per heavy atom. The molecule has 32 heavy (non-hydrogen) atoms. The molecule has 2 fully saturated rings. The number of hydroxylamine groups is 1. The zero-order chi connectivity index (χ0) is 22.5. The van der Waals surface area contributed by atoms with E-state index in [4.69, 9.17) is 21.2 Å². The van der Waals surface area contributed by atoms with Crippen LogP contribution < -0.4 is 14.7 Å². The molecule has 0 spiro atoms. The van der Waals surface area contributed by atoms with Crippen LogP contribution in [0.15, 0.2) is 78.9 Å². The molecule has 3 atom stereocenters. The smallest absolute Gasteiger partial charge is 0.266 e. The van der Waals surface area contributed by atoms with Gasteiger partial charge in [-0.1, -0.05) is 41.9 Å². The lowest BCUT2D eigenvalue weighted by atomic mass is 9.76. The van der Waals surface area contributed by atoms with Crippen molar-refractivity contribution in [3.8, 4) is 5.75 Å². The second-order valence-electron chi connectivity index (χ2n) is 8.06. The minimum atomic E-state index is -1.14. The third-order valence-electron chi connectivity index (χ3n) is 6.20. The summed E-state index contributed by atoms with van der Waals surface area (Å²) in [5.41, 5.74) is 0.950. The van der Waals surface area contributed by atoms with Crippen LogP contribution in [0.4, 0.5) is 11.4 Å². The number of amides is 2. The highest BCUT2D eigenvalue weighted by molar-refractivity contribution is 6.31. The quantitative estimate of drug-likeness (QED) is 0.537. The second kappa shape index (κ2) is 7.65. The van der Waals surface area contributed by atoms with Crippen LogP contribution in [0.2, 0.25) is 5.02 Å². The SMILES string of the molecule is COc1ccc([C@@H]2N(c3ccccc3)O[C@H]3C(=O)N(c4ccc(Cl)cc4)C(=O)[C@]23C)cc1. The molecule has 6 nitrogen and oxygen atoms in total. The third-order valence-corrected chi connectivity index (χ3v) is 6.45. The Morgan fingerprint density at radius 2 is 1.56 bits per heavy atom. The molecule has 2 aliphatic rings. The van der Waals surface area contributed by atoms with Crippen molar-refractivity contribution in [2.75, 3.05) is 17.1 Å². The Balaban J connectivity index is 1.62. The summed E-state index contributed by atoms with van der Waals surface area (Å²) >= 11 is 6.00. The van der Waals surface area contributed by atoms with Gasteiger partial charge in [0.1, 0.15) is 11.2 Å². The molecule has 0 radical (unpaired) electrons. The Kier molecular flexibility index (Phi) is 4.92. The van der Waals surface area contributed by atoms with Gasteiger partial charge in [-0.2, -0.15) is 0 Å². The van der Waals surface area contributed by atoms with E-state index in [1.165, 1.54) is 4.90 Å². The largest absolute Gasteiger partial charge is 0.497 e. The molecule has 0 bridgehead atoms. The first-order valence-electron chi connectivity index (χ1n) is 10.2. The van der Waals surface area contributed by atoms with Crippen LogP contribution in [0, 0.1) is 5.41 Å². The van der Waals surface area contributed by atoms with Crippen LogP contribution in [-0.4, -0.2) is 25.0 Å². The Labute approximate surface area is 190 Å². The van der Waals surface area contributed by atoms with E-state index < -0.39 is 23.5 Å². The van der Waals surface area contributed by atoms with Crippen molar-refractivity contribution in [1.29, 1.82) is 0 Å². The predicted molar refractivity (Wildman–Crippen MR) is 122 cm³/mol. The molecule has 5 rings (SSSR count). The van der Waals surface area contributed by atoms with Gasteiger partial charge >= 0.3 is 0 Å². The molecule has 162 valence electrons. The highest BCUT2D eigenvalue weighted by atomic mass is 35.5. The maximum Gasteiger partial charge on any atom is 0.266 e. The summed E-state index contributed by atoms with van der Waals surface area (Å²) in [4.78, 5) is 34.7. The highest BCUT2D eigenvalue weighted by Gasteiger charge is 2.68. The molecule has 2 heterocycles. The molecule has 2 saturated heterocycles. The first kappa shape index (κ1) is 20.5. The van der Waals surface area contributed by atoms with E-state index in [9.17, 15) is 9.59 Å². The number of benzene rings is 3. The summed E-state index contributed by atoms with van der Waals surface area (Å²) in [6.07, 6.45) is -0.960. The van der Waals surface area contributed by atoms with Crippen LogP contribution in [0.3, 0.4) is 0 Å². The summed E-state index contributed by atoms with van der Waals surface area (Å²) in [5, 5.41) is 2.21. The van der Waals surface area contributed by atoms with Crippen LogP contribution in [0.1, 0.15) is 18.5 Å². The van der Waals surface area contributed by atoms with Gasteiger partial charge in [-0.15, -0.1) is 0 Å². The lowest BCUT2D eigenvalue weighted by Gasteiger charge is -2.32. The summed E-state index contributed by atoms with van der Waals surface area (Å²) in [6.45, 7) is 1.80. The van der Waals surface area contributed by atoms with Gasteiger partial charge in [0.25, 0.3) is 5.91 Å². The van der Waals surface area contributed by atoms with E-state index in [2.05, 4.69) is 0 Å². The van der Waals surface area contributed by atoms with Crippen LogP contribution in [0.25, 0.3) is 0 Å². The number of nitrogens with zero attached hydrogens (tertiary/aromatic N) is 2. The minimum Gasteiger partial charge on any atom is -0.497 e. The molecule has 7 heteroatoms. The van der Waals surface area contributed by atoms with E-state index in [1.807, 2.05) is 54.6 Å². The fourth-order valence-corrected chi connectivity index (χ4v) is 4.67. The average molecular weight is 449 g/mol. The number of carbonyl (C=O) groups is 2. The van der Waals surface area contributed by atoms with E-state index in [-0.39, 0.29) is 5.91 Å². The molecule has 3 aromatic carbocycles. The predicted octanol–water partition coefficient (Wildman–Crippen LogP) is 4.79. The molecule has 0 aromatic heterocycles. The number of imide groups is 1. The highest BCUT2D eigenvalue weighted by Crippen LogP contribution is 2.55. The fourth-order valence-electron chi connectivity index (χ4n) is 4.55. The maximum atomic E-state index is 13.8. The fraction of sp³-hybridized carbons (Fsp3) is 0.200. The summed E-state index contributed by atoms with van der Waals surface area (Å²) < 4.78 is 5.29. The number of para-hydroxylation sites is 1. The number of ether oxygens (including phenoxy) is 1. The van der Waals surface area contributed by atoms with E-state index in [0.717, 1.165) is 11.3 Å². The zero-order valence-corrected chi connectivity index (χ0v) is 18.3. The molecule has 0 N–H and O–H groups in total. The maximum absolute atomic E-state index is 13.8. The van der Waals surface area contributed by atoms with Gasteiger partial charge in [-0.25, -0.2) is 9.96 Å². The van der Waals surface area contributed by atoms with E-state index in [0.29, 0.717) is 16.5 Å². The van der Waals surface area contributed by atoms with Gasteiger partial charge in [0.15, 0.2) is 6.10 Å². The minimum absolute atomic E-state index is 0.311. The first-order valence-corrected chi connectivity index (χ1v) is 10.6. The standard InChI is InChI=1S/C25H21ClN2O4/c1-25-21(16-8-14-20(31-2)15-9-16)28(19-6-4-3-5-7-19)32-22(25)23(29)27(24(25)30)18-12-10-17(26)11-13-18/h3-15,21-22H,1-2H3/t21-,22-,25+/m0/s1. The van der Waals surface area contributed by atoms with E-state index >= 15 is 0 Å². The average Bonchev–Trinajstić information content (AvgIpc) is 3.23. The van der Waals surface area contributed by atoms with Crippen molar-refractivity contribution < 1.29 is 19.2 Å². The van der Waals surface area contributed by atoms with Gasteiger partial charge in [0.2, 0.25) is 5.91 Å². The molecular formula is C25H21ClN2O4. The van der Waals surface area contributed by atoms with Crippen LogP contribution in [0.5, 0.6) is 5.75 Å². The number of methoxy groups -OCH3 is 1. The number of carbonyl (C=O) groups excluding carboxylic acids is 2. The van der Waals surface area contributed by atoms with Crippen molar-refractivity contribution in [2.24, 2.45) is 5.41 Å². The molecule has 2 aliphatic heterocycles. The van der Waals surface area contributed by atoms with Crippen molar-refractivity contribution in [1.82, 2.24) is 0 Å². The summed E-state index contributed by atoms with van der Waals surface area (Å²) in [5.74, 6) is 0.00285. The number of hydrogen-bond donors (Lipinski definition) is 0. The number of rotatable bonds is 4. The van der Waals surface area contributed by atoms with Crippen molar-refractivity contribution in [2.45, 2.75) is 19.1 Å². The van der Waals surface area contributed by atoms with Crippen LogP contribution in [-0.2, 0) is 14.4 Å². The number of hydrogen-bond acceptors (Lipinski definition) is 5. The monoisotopic (exact) mass is 448 g/mol.